The zero-order valence-corrected chi connectivity index (χ0v) is 10.2. The van der Waals surface area contributed by atoms with E-state index < -0.39 is 0 Å². The molecule has 0 saturated heterocycles. The normalized spacial score (nSPS) is 10.7. The lowest BCUT2D eigenvalue weighted by molar-refractivity contribution is -0.121. The molecule has 4 heteroatoms. The van der Waals surface area contributed by atoms with Crippen LogP contribution in [0.4, 0.5) is 0 Å². The molecule has 2 N–H and O–H groups in total. The lowest BCUT2D eigenvalue weighted by atomic mass is 10.0. The average Bonchev–Trinajstić information content (AvgIpc) is 2.18. The van der Waals surface area contributed by atoms with Gasteiger partial charge in [0.25, 0.3) is 0 Å². The molecule has 0 aliphatic rings. The fourth-order valence-electron chi connectivity index (χ4n) is 1.13. The standard InChI is InChI=1S/C11H13BrO3/c1-6(2)9(14)5-7-3-4-8(13)10(12)11(7)15/h3-4,6,13,15H,5H2,1-2H3. The molecule has 0 fully saturated rings. The van der Waals surface area contributed by atoms with Gasteiger partial charge in [-0.05, 0) is 22.0 Å². The molecule has 1 aromatic carbocycles. The Bertz CT molecular complexity index is 386. The molecule has 0 bridgehead atoms. The highest BCUT2D eigenvalue weighted by molar-refractivity contribution is 9.10. The Morgan fingerprint density at radius 3 is 2.53 bits per heavy atom. The fraction of sp³-hybridized carbons (Fsp3) is 0.364. The molecule has 0 amide bonds. The van der Waals surface area contributed by atoms with Crippen molar-refractivity contribution in [2.24, 2.45) is 5.92 Å². The van der Waals surface area contributed by atoms with E-state index in [1.54, 1.807) is 6.07 Å². The van der Waals surface area contributed by atoms with Crippen LogP contribution in [0.5, 0.6) is 11.5 Å². The second kappa shape index (κ2) is 4.66. The summed E-state index contributed by atoms with van der Waals surface area (Å²) < 4.78 is 0.233. The molecule has 0 aliphatic heterocycles. The van der Waals surface area contributed by atoms with Gasteiger partial charge in [-0.2, -0.15) is 0 Å². The molecular formula is C11H13BrO3. The van der Waals surface area contributed by atoms with E-state index in [4.69, 9.17) is 0 Å². The maximum Gasteiger partial charge on any atom is 0.139 e. The predicted octanol–water partition coefficient (Wildman–Crippen LogP) is 2.63. The number of phenolic OH excluding ortho intramolecular Hbond substituents is 2. The van der Waals surface area contributed by atoms with Crippen molar-refractivity contribution < 1.29 is 15.0 Å². The first-order valence-electron chi connectivity index (χ1n) is 4.65. The molecule has 15 heavy (non-hydrogen) atoms. The van der Waals surface area contributed by atoms with Gasteiger partial charge in [0.1, 0.15) is 21.8 Å². The first kappa shape index (κ1) is 12.0. The maximum absolute atomic E-state index is 11.5. The van der Waals surface area contributed by atoms with E-state index in [-0.39, 0.29) is 34.1 Å². The molecule has 0 heterocycles. The summed E-state index contributed by atoms with van der Waals surface area (Å²) >= 11 is 3.05. The quantitative estimate of drug-likeness (QED) is 0.890. The Hall–Kier alpha value is -1.03. The summed E-state index contributed by atoms with van der Waals surface area (Å²) in [5.74, 6) is -0.0999. The lowest BCUT2D eigenvalue weighted by Gasteiger charge is -2.08. The maximum atomic E-state index is 11.5. The molecule has 0 unspecified atom stereocenters. The first-order valence-corrected chi connectivity index (χ1v) is 5.44. The Kier molecular flexibility index (Phi) is 3.74. The molecule has 82 valence electrons. The highest BCUT2D eigenvalue weighted by Crippen LogP contribution is 2.35. The highest BCUT2D eigenvalue weighted by atomic mass is 79.9. The fourth-order valence-corrected chi connectivity index (χ4v) is 1.52. The van der Waals surface area contributed by atoms with E-state index in [1.165, 1.54) is 6.07 Å². The molecule has 0 spiro atoms. The van der Waals surface area contributed by atoms with Gasteiger partial charge in [0.2, 0.25) is 0 Å². The van der Waals surface area contributed by atoms with Crippen molar-refractivity contribution in [3.8, 4) is 11.5 Å². The van der Waals surface area contributed by atoms with Gasteiger partial charge in [0.15, 0.2) is 0 Å². The van der Waals surface area contributed by atoms with Gasteiger partial charge in [-0.3, -0.25) is 4.79 Å². The first-order chi connectivity index (χ1) is 6.93. The summed E-state index contributed by atoms with van der Waals surface area (Å²) in [6.45, 7) is 3.63. The molecule has 0 aliphatic carbocycles. The van der Waals surface area contributed by atoms with Crippen LogP contribution in [0.3, 0.4) is 0 Å². The molecule has 0 aromatic heterocycles. The van der Waals surface area contributed by atoms with E-state index in [9.17, 15) is 15.0 Å². The Labute approximate surface area is 96.9 Å². The number of ketones is 1. The second-order valence-corrected chi connectivity index (χ2v) is 4.50. The topological polar surface area (TPSA) is 57.5 Å². The van der Waals surface area contributed by atoms with E-state index in [0.29, 0.717) is 5.56 Å². The summed E-state index contributed by atoms with van der Waals surface area (Å²) in [6.07, 6.45) is 0.183. The van der Waals surface area contributed by atoms with Crippen LogP contribution in [0.1, 0.15) is 19.4 Å². The van der Waals surface area contributed by atoms with Gasteiger partial charge in [-0.15, -0.1) is 0 Å². The summed E-state index contributed by atoms with van der Waals surface area (Å²) in [4.78, 5) is 11.5. The van der Waals surface area contributed by atoms with Crippen molar-refractivity contribution in [3.05, 3.63) is 22.2 Å². The summed E-state index contributed by atoms with van der Waals surface area (Å²) in [5.41, 5.74) is 0.526. The second-order valence-electron chi connectivity index (χ2n) is 3.70. The van der Waals surface area contributed by atoms with Crippen LogP contribution in [0, 0.1) is 5.92 Å². The number of carbonyl (C=O) groups is 1. The monoisotopic (exact) mass is 272 g/mol. The van der Waals surface area contributed by atoms with Gasteiger partial charge in [-0.1, -0.05) is 19.9 Å². The summed E-state index contributed by atoms with van der Waals surface area (Å²) in [7, 11) is 0. The molecule has 3 nitrogen and oxygen atoms in total. The number of halogens is 1. The number of aromatic hydroxyl groups is 2. The van der Waals surface area contributed by atoms with Gasteiger partial charge >= 0.3 is 0 Å². The van der Waals surface area contributed by atoms with Gasteiger partial charge in [0.05, 0.1) is 0 Å². The third-order valence-corrected chi connectivity index (χ3v) is 2.97. The number of hydrogen-bond donors (Lipinski definition) is 2. The van der Waals surface area contributed by atoms with Gasteiger partial charge < -0.3 is 10.2 Å². The van der Waals surface area contributed by atoms with E-state index >= 15 is 0 Å². The number of rotatable bonds is 3. The third kappa shape index (κ3) is 2.72. The van der Waals surface area contributed by atoms with E-state index in [2.05, 4.69) is 15.9 Å². The lowest BCUT2D eigenvalue weighted by Crippen LogP contribution is -2.10. The molecule has 0 atom stereocenters. The summed E-state index contributed by atoms with van der Waals surface area (Å²) in [5, 5.41) is 18.9. The Balaban J connectivity index is 2.97. The van der Waals surface area contributed by atoms with Crippen LogP contribution in [-0.2, 0) is 11.2 Å². The Morgan fingerprint density at radius 2 is 2.00 bits per heavy atom. The molecule has 1 aromatic rings. The van der Waals surface area contributed by atoms with Crippen LogP contribution in [0.2, 0.25) is 0 Å². The van der Waals surface area contributed by atoms with E-state index in [0.717, 1.165) is 0 Å². The molecular weight excluding hydrogens is 260 g/mol. The van der Waals surface area contributed by atoms with Crippen LogP contribution in [0.15, 0.2) is 16.6 Å². The van der Waals surface area contributed by atoms with Crippen molar-refractivity contribution in [2.45, 2.75) is 20.3 Å². The van der Waals surface area contributed by atoms with Crippen molar-refractivity contribution in [3.63, 3.8) is 0 Å². The minimum absolute atomic E-state index is 0.0340. The SMILES string of the molecule is CC(C)C(=O)Cc1ccc(O)c(Br)c1O. The largest absolute Gasteiger partial charge is 0.507 e. The molecule has 0 radical (unpaired) electrons. The molecule has 0 saturated carbocycles. The van der Waals surface area contributed by atoms with Crippen molar-refractivity contribution >= 4 is 21.7 Å². The highest BCUT2D eigenvalue weighted by Gasteiger charge is 2.14. The van der Waals surface area contributed by atoms with Crippen molar-refractivity contribution in [1.29, 1.82) is 0 Å². The minimum Gasteiger partial charge on any atom is -0.507 e. The number of carbonyl (C=O) groups excluding carboxylic acids is 1. The smallest absolute Gasteiger partial charge is 0.139 e. The number of hydrogen-bond acceptors (Lipinski definition) is 3. The average molecular weight is 273 g/mol. The van der Waals surface area contributed by atoms with Crippen molar-refractivity contribution in [1.82, 2.24) is 0 Å². The predicted molar refractivity (Wildman–Crippen MR) is 61.0 cm³/mol. The van der Waals surface area contributed by atoms with Crippen LogP contribution < -0.4 is 0 Å². The zero-order chi connectivity index (χ0) is 11.6. The number of benzene rings is 1. The Morgan fingerprint density at radius 1 is 1.40 bits per heavy atom. The van der Waals surface area contributed by atoms with Crippen LogP contribution >= 0.6 is 15.9 Å². The van der Waals surface area contributed by atoms with Crippen LogP contribution in [0.25, 0.3) is 0 Å². The van der Waals surface area contributed by atoms with Crippen molar-refractivity contribution in [2.75, 3.05) is 0 Å². The minimum atomic E-state index is -0.0657. The van der Waals surface area contributed by atoms with Gasteiger partial charge in [-0.25, -0.2) is 0 Å². The zero-order valence-electron chi connectivity index (χ0n) is 8.62. The van der Waals surface area contributed by atoms with E-state index in [1.807, 2.05) is 13.8 Å². The van der Waals surface area contributed by atoms with Gasteiger partial charge in [0, 0.05) is 17.9 Å². The number of Topliss-reactive ketones (excluding diaryl/α,β-unsaturated/α-hetero) is 1. The summed E-state index contributed by atoms with van der Waals surface area (Å²) in [6, 6.07) is 3.00. The molecule has 1 rings (SSSR count). The third-order valence-electron chi connectivity index (χ3n) is 2.19. The van der Waals surface area contributed by atoms with Crippen LogP contribution in [-0.4, -0.2) is 16.0 Å². The number of phenols is 2.